The van der Waals surface area contributed by atoms with Crippen molar-refractivity contribution in [1.29, 1.82) is 5.26 Å². The number of hydrogen-bond acceptors (Lipinski definition) is 4. The van der Waals surface area contributed by atoms with Crippen molar-refractivity contribution in [3.05, 3.63) is 29.3 Å². The van der Waals surface area contributed by atoms with Gasteiger partial charge in [0.05, 0.1) is 12.7 Å². The van der Waals surface area contributed by atoms with E-state index in [1.165, 1.54) is 24.8 Å². The van der Waals surface area contributed by atoms with Gasteiger partial charge in [0.15, 0.2) is 0 Å². The summed E-state index contributed by atoms with van der Waals surface area (Å²) < 4.78 is 5.27. The molecule has 2 rings (SSSR count). The molecule has 2 unspecified atom stereocenters. The number of nitrogens with two attached hydrogens (primary N) is 1. The van der Waals surface area contributed by atoms with Gasteiger partial charge >= 0.3 is 0 Å². The van der Waals surface area contributed by atoms with Gasteiger partial charge in [-0.3, -0.25) is 4.90 Å². The van der Waals surface area contributed by atoms with Crippen LogP contribution in [0.3, 0.4) is 0 Å². The summed E-state index contributed by atoms with van der Waals surface area (Å²) in [6, 6.07) is 8.51. The van der Waals surface area contributed by atoms with Crippen molar-refractivity contribution in [2.45, 2.75) is 31.8 Å². The maximum absolute atomic E-state index is 9.01. The molecule has 0 radical (unpaired) electrons. The van der Waals surface area contributed by atoms with Gasteiger partial charge in [-0.05, 0) is 50.0 Å². The second-order valence-electron chi connectivity index (χ2n) is 5.56. The van der Waals surface area contributed by atoms with Crippen molar-refractivity contribution in [3.63, 3.8) is 0 Å². The lowest BCUT2D eigenvalue weighted by atomic mass is 10.0. The van der Waals surface area contributed by atoms with E-state index in [0.717, 1.165) is 13.1 Å². The van der Waals surface area contributed by atoms with Gasteiger partial charge in [-0.15, -0.1) is 0 Å². The highest BCUT2D eigenvalue weighted by Crippen LogP contribution is 2.30. The van der Waals surface area contributed by atoms with Crippen LogP contribution in [-0.4, -0.2) is 31.6 Å². The quantitative estimate of drug-likeness (QED) is 0.892. The zero-order chi connectivity index (χ0) is 14.5. The third kappa shape index (κ3) is 3.12. The molecule has 0 bridgehead atoms. The summed E-state index contributed by atoms with van der Waals surface area (Å²) in [5.41, 5.74) is 7.61. The lowest BCUT2D eigenvalue weighted by Gasteiger charge is -2.29. The highest BCUT2D eigenvalue weighted by atomic mass is 16.5. The van der Waals surface area contributed by atoms with Crippen LogP contribution in [0.15, 0.2) is 18.2 Å². The number of hydrogen-bond donors (Lipinski definition) is 1. The number of benzene rings is 1. The van der Waals surface area contributed by atoms with E-state index < -0.39 is 0 Å². The van der Waals surface area contributed by atoms with Crippen molar-refractivity contribution >= 4 is 0 Å². The van der Waals surface area contributed by atoms with E-state index in [9.17, 15) is 0 Å². The SMILES string of the molecule is COc1cc(CN(C)C2CCCC2CN)ccc1C#N. The fourth-order valence-electron chi connectivity index (χ4n) is 3.20. The van der Waals surface area contributed by atoms with Gasteiger partial charge in [0.1, 0.15) is 11.8 Å². The first-order valence-electron chi connectivity index (χ1n) is 7.17. The predicted molar refractivity (Wildman–Crippen MR) is 79.4 cm³/mol. The molecule has 0 spiro atoms. The molecule has 108 valence electrons. The smallest absolute Gasteiger partial charge is 0.136 e. The molecule has 0 aliphatic heterocycles. The van der Waals surface area contributed by atoms with Gasteiger partial charge in [-0.2, -0.15) is 5.26 Å². The highest BCUT2D eigenvalue weighted by Gasteiger charge is 2.29. The van der Waals surface area contributed by atoms with E-state index in [-0.39, 0.29) is 0 Å². The van der Waals surface area contributed by atoms with Gasteiger partial charge in [0.2, 0.25) is 0 Å². The summed E-state index contributed by atoms with van der Waals surface area (Å²) in [6.07, 6.45) is 3.74. The molecule has 2 N–H and O–H groups in total. The third-order valence-corrected chi connectivity index (χ3v) is 4.31. The van der Waals surface area contributed by atoms with E-state index in [4.69, 9.17) is 15.7 Å². The molecule has 1 aromatic rings. The second-order valence-corrected chi connectivity index (χ2v) is 5.56. The molecule has 1 aliphatic rings. The van der Waals surface area contributed by atoms with Crippen LogP contribution < -0.4 is 10.5 Å². The summed E-state index contributed by atoms with van der Waals surface area (Å²) in [5.74, 6) is 1.26. The minimum absolute atomic E-state index is 0.571. The van der Waals surface area contributed by atoms with Crippen LogP contribution in [0.4, 0.5) is 0 Å². The van der Waals surface area contributed by atoms with Crippen molar-refractivity contribution < 1.29 is 4.74 Å². The molecule has 20 heavy (non-hydrogen) atoms. The molecule has 4 nitrogen and oxygen atoms in total. The van der Waals surface area contributed by atoms with Crippen LogP contribution in [0.5, 0.6) is 5.75 Å². The first-order chi connectivity index (χ1) is 9.69. The maximum atomic E-state index is 9.01. The van der Waals surface area contributed by atoms with Crippen LogP contribution >= 0.6 is 0 Å². The summed E-state index contributed by atoms with van der Waals surface area (Å²) in [5, 5.41) is 9.01. The Kier molecular flexibility index (Phi) is 4.99. The van der Waals surface area contributed by atoms with Crippen LogP contribution in [0.25, 0.3) is 0 Å². The lowest BCUT2D eigenvalue weighted by molar-refractivity contribution is 0.192. The average molecular weight is 273 g/mol. The Hall–Kier alpha value is -1.57. The van der Waals surface area contributed by atoms with Gasteiger partial charge < -0.3 is 10.5 Å². The Balaban J connectivity index is 2.08. The normalized spacial score (nSPS) is 21.9. The number of rotatable bonds is 5. The van der Waals surface area contributed by atoms with Gasteiger partial charge in [-0.1, -0.05) is 12.5 Å². The molecule has 2 atom stereocenters. The monoisotopic (exact) mass is 273 g/mol. The van der Waals surface area contributed by atoms with Crippen molar-refractivity contribution in [2.24, 2.45) is 11.7 Å². The summed E-state index contributed by atoms with van der Waals surface area (Å²) in [6.45, 7) is 1.63. The minimum Gasteiger partial charge on any atom is -0.495 e. The first-order valence-corrected chi connectivity index (χ1v) is 7.17. The Morgan fingerprint density at radius 3 is 2.90 bits per heavy atom. The zero-order valence-electron chi connectivity index (χ0n) is 12.3. The van der Waals surface area contributed by atoms with Crippen LogP contribution in [0, 0.1) is 17.2 Å². The summed E-state index contributed by atoms with van der Waals surface area (Å²) in [4.78, 5) is 2.38. The van der Waals surface area contributed by atoms with Crippen molar-refractivity contribution in [3.8, 4) is 11.8 Å². The Bertz CT molecular complexity index is 495. The van der Waals surface area contributed by atoms with E-state index in [0.29, 0.717) is 23.3 Å². The van der Waals surface area contributed by atoms with E-state index in [1.54, 1.807) is 7.11 Å². The topological polar surface area (TPSA) is 62.3 Å². The number of methoxy groups -OCH3 is 1. The predicted octanol–water partition coefficient (Wildman–Crippen LogP) is 2.13. The molecular weight excluding hydrogens is 250 g/mol. The van der Waals surface area contributed by atoms with E-state index in [1.807, 2.05) is 18.2 Å². The van der Waals surface area contributed by atoms with E-state index in [2.05, 4.69) is 18.0 Å². The van der Waals surface area contributed by atoms with Crippen LogP contribution in [0.1, 0.15) is 30.4 Å². The average Bonchev–Trinajstić information content (AvgIpc) is 2.95. The minimum atomic E-state index is 0.571. The number of ether oxygens (including phenoxy) is 1. The molecule has 0 heterocycles. The number of nitrogens with zero attached hydrogens (tertiary/aromatic N) is 2. The van der Waals surface area contributed by atoms with Gasteiger partial charge in [-0.25, -0.2) is 0 Å². The zero-order valence-corrected chi connectivity index (χ0v) is 12.3. The summed E-state index contributed by atoms with van der Waals surface area (Å²) in [7, 11) is 3.76. The Morgan fingerprint density at radius 2 is 2.25 bits per heavy atom. The molecular formula is C16H23N3O. The standard InChI is InChI=1S/C16H23N3O/c1-19(15-5-3-4-13(15)9-17)11-12-6-7-14(10-18)16(8-12)20-2/h6-8,13,15H,3-5,9,11,17H2,1-2H3. The third-order valence-electron chi connectivity index (χ3n) is 4.31. The molecule has 1 saturated carbocycles. The van der Waals surface area contributed by atoms with Gasteiger partial charge in [0.25, 0.3) is 0 Å². The maximum Gasteiger partial charge on any atom is 0.136 e. The Morgan fingerprint density at radius 1 is 1.45 bits per heavy atom. The molecule has 1 aromatic carbocycles. The molecule has 0 saturated heterocycles. The Labute approximate surface area is 121 Å². The molecule has 0 amide bonds. The summed E-state index contributed by atoms with van der Waals surface area (Å²) >= 11 is 0. The molecule has 1 fully saturated rings. The largest absolute Gasteiger partial charge is 0.495 e. The van der Waals surface area contributed by atoms with E-state index >= 15 is 0 Å². The second kappa shape index (κ2) is 6.74. The van der Waals surface area contributed by atoms with Crippen LogP contribution in [-0.2, 0) is 6.54 Å². The van der Waals surface area contributed by atoms with Gasteiger partial charge in [0, 0.05) is 12.6 Å². The van der Waals surface area contributed by atoms with Crippen molar-refractivity contribution in [2.75, 3.05) is 20.7 Å². The number of nitriles is 1. The van der Waals surface area contributed by atoms with Crippen LogP contribution in [0.2, 0.25) is 0 Å². The first kappa shape index (κ1) is 14.8. The van der Waals surface area contributed by atoms with Crippen molar-refractivity contribution in [1.82, 2.24) is 4.90 Å². The molecule has 4 heteroatoms. The fourth-order valence-corrected chi connectivity index (χ4v) is 3.20. The lowest BCUT2D eigenvalue weighted by Crippen LogP contribution is -2.37. The fraction of sp³-hybridized carbons (Fsp3) is 0.562. The molecule has 0 aromatic heterocycles. The molecule has 1 aliphatic carbocycles. The highest BCUT2D eigenvalue weighted by molar-refractivity contribution is 5.45.